The second-order valence-electron chi connectivity index (χ2n) is 3.84. The van der Waals surface area contributed by atoms with Crippen molar-refractivity contribution >= 4 is 0 Å². The lowest BCUT2D eigenvalue weighted by atomic mass is 10.1. The molecule has 3 nitrogen and oxygen atoms in total. The van der Waals surface area contributed by atoms with E-state index in [0.717, 1.165) is 5.76 Å². The average molecular weight is 236 g/mol. The van der Waals surface area contributed by atoms with Crippen molar-refractivity contribution < 1.29 is 8.81 Å². The largest absolute Gasteiger partial charge is 0.467 e. The second-order valence-corrected chi connectivity index (χ2v) is 3.84. The molecule has 0 aromatic carbocycles. The van der Waals surface area contributed by atoms with E-state index in [-0.39, 0.29) is 0 Å². The average Bonchev–Trinajstić information content (AvgIpc) is 2.69. The minimum atomic E-state index is -0.516. The summed E-state index contributed by atoms with van der Waals surface area (Å²) >= 11 is 0. The Morgan fingerprint density at radius 1 is 1.53 bits per heavy atom. The molecular formula is C13H17FN2O. The van der Waals surface area contributed by atoms with Gasteiger partial charge in [0.2, 0.25) is 0 Å². The first-order valence-corrected chi connectivity index (χ1v) is 5.17. The van der Waals surface area contributed by atoms with Gasteiger partial charge in [-0.3, -0.25) is 0 Å². The molecule has 17 heavy (non-hydrogen) atoms. The number of likely N-dealkylation sites (N-methyl/N-ethyl adjacent to an activating group) is 1. The van der Waals surface area contributed by atoms with Crippen LogP contribution in [0.5, 0.6) is 0 Å². The molecule has 0 radical (unpaired) electrons. The van der Waals surface area contributed by atoms with E-state index >= 15 is 0 Å². The van der Waals surface area contributed by atoms with E-state index in [4.69, 9.17) is 10.2 Å². The summed E-state index contributed by atoms with van der Waals surface area (Å²) in [5, 5.41) is 0. The second kappa shape index (κ2) is 5.39. The third kappa shape index (κ3) is 3.24. The van der Waals surface area contributed by atoms with Gasteiger partial charge in [-0.25, -0.2) is 4.39 Å². The van der Waals surface area contributed by atoms with Crippen molar-refractivity contribution in [3.63, 3.8) is 0 Å². The van der Waals surface area contributed by atoms with Gasteiger partial charge in [0.25, 0.3) is 0 Å². The summed E-state index contributed by atoms with van der Waals surface area (Å²) in [5.74, 6) is 0.251. The van der Waals surface area contributed by atoms with Gasteiger partial charge in [-0.1, -0.05) is 13.2 Å². The number of nitrogens with two attached hydrogens (primary N) is 1. The van der Waals surface area contributed by atoms with Crippen molar-refractivity contribution in [1.29, 1.82) is 0 Å². The fraction of sp³-hybridized carbons (Fsp3) is 0.231. The first-order chi connectivity index (χ1) is 7.93. The number of hydrogen-bond acceptors (Lipinski definition) is 3. The standard InChI is InChI=1S/C13H17FN2O/c1-9(10(2)14)13(11(3)15)16(4)8-12-6-5-7-17-12/h5-7H,2-3,8,15H2,1,4H3/b13-9+. The van der Waals surface area contributed by atoms with Crippen molar-refractivity contribution in [2.75, 3.05) is 7.05 Å². The molecule has 0 fully saturated rings. The Labute approximate surface area is 101 Å². The van der Waals surface area contributed by atoms with Crippen molar-refractivity contribution in [3.8, 4) is 0 Å². The molecule has 92 valence electrons. The maximum absolute atomic E-state index is 13.1. The number of halogens is 1. The molecule has 4 heteroatoms. The van der Waals surface area contributed by atoms with Gasteiger partial charge in [-0.15, -0.1) is 0 Å². The van der Waals surface area contributed by atoms with Gasteiger partial charge >= 0.3 is 0 Å². The summed E-state index contributed by atoms with van der Waals surface area (Å²) in [6, 6.07) is 3.64. The molecule has 0 bridgehead atoms. The highest BCUT2D eigenvalue weighted by Gasteiger charge is 2.13. The van der Waals surface area contributed by atoms with Crippen LogP contribution in [-0.2, 0) is 6.54 Å². The van der Waals surface area contributed by atoms with Gasteiger partial charge < -0.3 is 15.1 Å². The van der Waals surface area contributed by atoms with E-state index in [9.17, 15) is 4.39 Å². The highest BCUT2D eigenvalue weighted by Crippen LogP contribution is 2.21. The molecule has 1 aromatic rings. The fourth-order valence-corrected chi connectivity index (χ4v) is 1.62. The minimum absolute atomic E-state index is 0.301. The number of allylic oxidation sites excluding steroid dienone is 2. The van der Waals surface area contributed by atoms with Gasteiger partial charge in [-0.05, 0) is 19.1 Å². The fourth-order valence-electron chi connectivity index (χ4n) is 1.62. The van der Waals surface area contributed by atoms with Crippen LogP contribution in [0.25, 0.3) is 0 Å². The van der Waals surface area contributed by atoms with Crippen LogP contribution >= 0.6 is 0 Å². The SMILES string of the molecule is C=C(F)/C(C)=C(\C(=C)N)N(C)Cc1ccco1. The van der Waals surface area contributed by atoms with Crippen LogP contribution in [0.1, 0.15) is 12.7 Å². The molecule has 0 amide bonds. The van der Waals surface area contributed by atoms with Crippen LogP contribution in [0.3, 0.4) is 0 Å². The third-order valence-electron chi connectivity index (χ3n) is 2.42. The molecular weight excluding hydrogens is 219 g/mol. The van der Waals surface area contributed by atoms with Crippen LogP contribution in [-0.4, -0.2) is 11.9 Å². The van der Waals surface area contributed by atoms with Crippen LogP contribution in [0, 0.1) is 0 Å². The summed E-state index contributed by atoms with van der Waals surface area (Å²) in [7, 11) is 1.79. The zero-order valence-corrected chi connectivity index (χ0v) is 10.2. The highest BCUT2D eigenvalue weighted by atomic mass is 19.1. The topological polar surface area (TPSA) is 42.4 Å². The van der Waals surface area contributed by atoms with Crippen molar-refractivity contribution in [2.24, 2.45) is 5.73 Å². The smallest absolute Gasteiger partial charge is 0.123 e. The van der Waals surface area contributed by atoms with Crippen LogP contribution in [0.2, 0.25) is 0 Å². The Hall–Kier alpha value is -1.97. The predicted octanol–water partition coefficient (Wildman–Crippen LogP) is 2.94. The van der Waals surface area contributed by atoms with Crippen LogP contribution < -0.4 is 5.73 Å². The molecule has 0 spiro atoms. The van der Waals surface area contributed by atoms with Crippen LogP contribution in [0.4, 0.5) is 4.39 Å². The van der Waals surface area contributed by atoms with Gasteiger partial charge in [0.1, 0.15) is 11.6 Å². The van der Waals surface area contributed by atoms with E-state index in [1.807, 2.05) is 6.07 Å². The summed E-state index contributed by atoms with van der Waals surface area (Å²) < 4.78 is 18.4. The molecule has 0 saturated carbocycles. The first-order valence-electron chi connectivity index (χ1n) is 5.17. The Kier molecular flexibility index (Phi) is 4.15. The maximum atomic E-state index is 13.1. The monoisotopic (exact) mass is 236 g/mol. The molecule has 0 aliphatic rings. The summed E-state index contributed by atoms with van der Waals surface area (Å²) in [6.45, 7) is 9.02. The Morgan fingerprint density at radius 2 is 2.18 bits per heavy atom. The Morgan fingerprint density at radius 3 is 2.59 bits per heavy atom. The molecule has 1 heterocycles. The number of furan rings is 1. The molecule has 0 unspecified atom stereocenters. The lowest BCUT2D eigenvalue weighted by Gasteiger charge is -2.23. The van der Waals surface area contributed by atoms with Gasteiger partial charge in [0.05, 0.1) is 18.5 Å². The molecule has 2 N–H and O–H groups in total. The van der Waals surface area contributed by atoms with E-state index in [0.29, 0.717) is 23.5 Å². The first kappa shape index (κ1) is 13.1. The van der Waals surface area contributed by atoms with E-state index < -0.39 is 5.83 Å². The summed E-state index contributed by atoms with van der Waals surface area (Å²) in [5.41, 5.74) is 6.89. The minimum Gasteiger partial charge on any atom is -0.467 e. The van der Waals surface area contributed by atoms with E-state index in [1.54, 1.807) is 31.2 Å². The van der Waals surface area contributed by atoms with Gasteiger partial charge in [-0.2, -0.15) is 0 Å². The quantitative estimate of drug-likeness (QED) is 0.799. The Balaban J connectivity index is 2.97. The zero-order valence-electron chi connectivity index (χ0n) is 10.2. The predicted molar refractivity (Wildman–Crippen MR) is 66.5 cm³/mol. The van der Waals surface area contributed by atoms with Crippen LogP contribution in [0.15, 0.2) is 58.8 Å². The zero-order chi connectivity index (χ0) is 13.0. The number of nitrogens with zero attached hydrogens (tertiary/aromatic N) is 1. The lowest BCUT2D eigenvalue weighted by molar-refractivity contribution is 0.358. The molecule has 0 aliphatic heterocycles. The maximum Gasteiger partial charge on any atom is 0.123 e. The lowest BCUT2D eigenvalue weighted by Crippen LogP contribution is -2.22. The number of hydrogen-bond donors (Lipinski definition) is 1. The van der Waals surface area contributed by atoms with Crippen molar-refractivity contribution in [2.45, 2.75) is 13.5 Å². The normalized spacial score (nSPS) is 11.9. The molecule has 0 saturated heterocycles. The van der Waals surface area contributed by atoms with E-state index in [1.165, 1.54) is 0 Å². The molecule has 0 atom stereocenters. The summed E-state index contributed by atoms with van der Waals surface area (Å²) in [6.07, 6.45) is 1.59. The molecule has 0 aliphatic carbocycles. The van der Waals surface area contributed by atoms with Gasteiger partial charge in [0.15, 0.2) is 0 Å². The van der Waals surface area contributed by atoms with Gasteiger partial charge in [0, 0.05) is 18.3 Å². The van der Waals surface area contributed by atoms with E-state index in [2.05, 4.69) is 13.2 Å². The van der Waals surface area contributed by atoms with Crippen molar-refractivity contribution in [3.05, 3.63) is 60.1 Å². The molecule has 1 aromatic heterocycles. The van der Waals surface area contributed by atoms with Crippen molar-refractivity contribution in [1.82, 2.24) is 4.90 Å². The Bertz CT molecular complexity index is 446. The number of rotatable bonds is 5. The summed E-state index contributed by atoms with van der Waals surface area (Å²) in [4.78, 5) is 1.78. The highest BCUT2D eigenvalue weighted by molar-refractivity contribution is 5.36. The molecule has 1 rings (SSSR count). The third-order valence-corrected chi connectivity index (χ3v) is 2.42.